The lowest BCUT2D eigenvalue weighted by Gasteiger charge is -2.02. The second-order valence-corrected chi connectivity index (χ2v) is 5.26. The minimum absolute atomic E-state index is 0.212. The van der Waals surface area contributed by atoms with Gasteiger partial charge in [0.2, 0.25) is 6.79 Å². The molecule has 0 saturated carbocycles. The lowest BCUT2D eigenvalue weighted by molar-refractivity contribution is 0.0955. The average molecular weight is 337 g/mol. The number of nitrogens with zero attached hydrogens (tertiary/aromatic N) is 1. The molecule has 112 valence electrons. The lowest BCUT2D eigenvalue weighted by atomic mass is 10.2. The molecule has 2 aromatic rings. The molecule has 22 heavy (non-hydrogen) atoms. The Morgan fingerprint density at radius 2 is 1.91 bits per heavy atom. The molecule has 1 N–H and O–H groups in total. The number of carbonyl (C=O) groups excluding carboxylic acids is 1. The number of hydrogen-bond donors (Lipinski definition) is 1. The van der Waals surface area contributed by atoms with E-state index in [0.29, 0.717) is 27.1 Å². The fourth-order valence-electron chi connectivity index (χ4n) is 1.86. The third-order valence-electron chi connectivity index (χ3n) is 2.96. The molecule has 0 unspecified atom stereocenters. The van der Waals surface area contributed by atoms with Gasteiger partial charge in [-0.15, -0.1) is 0 Å². The maximum atomic E-state index is 11.9. The summed E-state index contributed by atoms with van der Waals surface area (Å²) in [4.78, 5) is 11.9. The summed E-state index contributed by atoms with van der Waals surface area (Å²) < 4.78 is 10.5. The Hall–Kier alpha value is -2.24. The number of nitrogens with one attached hydrogen (secondary N) is 1. The predicted molar refractivity (Wildman–Crippen MR) is 84.1 cm³/mol. The Bertz CT molecular complexity index is 762. The van der Waals surface area contributed by atoms with Crippen LogP contribution in [-0.4, -0.2) is 18.9 Å². The van der Waals surface area contributed by atoms with Crippen molar-refractivity contribution in [3.63, 3.8) is 0 Å². The van der Waals surface area contributed by atoms with Gasteiger partial charge in [-0.05, 0) is 42.0 Å². The highest BCUT2D eigenvalue weighted by Crippen LogP contribution is 2.31. The van der Waals surface area contributed by atoms with E-state index in [9.17, 15) is 4.79 Å². The first-order chi connectivity index (χ1) is 10.6. The molecule has 0 bridgehead atoms. The normalized spacial score (nSPS) is 12.6. The minimum Gasteiger partial charge on any atom is -0.454 e. The third-order valence-corrected chi connectivity index (χ3v) is 3.70. The molecule has 1 amide bonds. The van der Waals surface area contributed by atoms with Crippen LogP contribution in [0.5, 0.6) is 11.5 Å². The van der Waals surface area contributed by atoms with E-state index < -0.39 is 0 Å². The van der Waals surface area contributed by atoms with Gasteiger partial charge >= 0.3 is 0 Å². The Balaban J connectivity index is 1.66. The number of ether oxygens (including phenoxy) is 2. The van der Waals surface area contributed by atoms with Crippen LogP contribution >= 0.6 is 23.2 Å². The van der Waals surface area contributed by atoms with Crippen molar-refractivity contribution in [3.8, 4) is 11.5 Å². The van der Waals surface area contributed by atoms with Gasteiger partial charge in [-0.25, -0.2) is 5.43 Å². The van der Waals surface area contributed by atoms with Crippen molar-refractivity contribution < 1.29 is 14.3 Å². The Morgan fingerprint density at radius 1 is 1.09 bits per heavy atom. The first kappa shape index (κ1) is 14.7. The Labute approximate surface area is 136 Å². The first-order valence-corrected chi connectivity index (χ1v) is 7.07. The molecule has 0 aliphatic carbocycles. The molecule has 0 fully saturated rings. The van der Waals surface area contributed by atoms with E-state index in [4.69, 9.17) is 32.7 Å². The highest BCUT2D eigenvalue weighted by atomic mass is 35.5. The van der Waals surface area contributed by atoms with Crippen LogP contribution in [-0.2, 0) is 0 Å². The zero-order chi connectivity index (χ0) is 15.5. The molecule has 7 heteroatoms. The summed E-state index contributed by atoms with van der Waals surface area (Å²) in [6.45, 7) is 0.212. The summed E-state index contributed by atoms with van der Waals surface area (Å²) in [5, 5.41) is 4.60. The van der Waals surface area contributed by atoms with E-state index in [-0.39, 0.29) is 12.7 Å². The lowest BCUT2D eigenvalue weighted by Crippen LogP contribution is -2.17. The molecule has 0 atom stereocenters. The van der Waals surface area contributed by atoms with Gasteiger partial charge in [-0.1, -0.05) is 23.2 Å². The first-order valence-electron chi connectivity index (χ1n) is 6.31. The van der Waals surface area contributed by atoms with Gasteiger partial charge in [0.05, 0.1) is 16.3 Å². The van der Waals surface area contributed by atoms with Gasteiger partial charge in [-0.2, -0.15) is 5.10 Å². The van der Waals surface area contributed by atoms with Gasteiger partial charge in [-0.3, -0.25) is 4.79 Å². The van der Waals surface area contributed by atoms with Crippen molar-refractivity contribution in [1.29, 1.82) is 0 Å². The van der Waals surface area contributed by atoms with E-state index in [1.54, 1.807) is 24.3 Å². The monoisotopic (exact) mass is 336 g/mol. The van der Waals surface area contributed by atoms with Gasteiger partial charge in [0.15, 0.2) is 11.5 Å². The van der Waals surface area contributed by atoms with Crippen LogP contribution in [0.15, 0.2) is 41.5 Å². The van der Waals surface area contributed by atoms with Crippen molar-refractivity contribution in [2.45, 2.75) is 0 Å². The average Bonchev–Trinajstić information content (AvgIpc) is 2.97. The smallest absolute Gasteiger partial charge is 0.271 e. The van der Waals surface area contributed by atoms with E-state index in [1.807, 2.05) is 6.07 Å². The number of hydrazone groups is 1. The summed E-state index contributed by atoms with van der Waals surface area (Å²) in [5.74, 6) is 0.965. The maximum absolute atomic E-state index is 11.9. The van der Waals surface area contributed by atoms with Crippen molar-refractivity contribution in [1.82, 2.24) is 5.43 Å². The molecule has 2 aromatic carbocycles. The van der Waals surface area contributed by atoms with Crippen molar-refractivity contribution >= 4 is 35.3 Å². The zero-order valence-electron chi connectivity index (χ0n) is 11.2. The van der Waals surface area contributed by atoms with E-state index >= 15 is 0 Å². The number of carbonyl (C=O) groups is 1. The van der Waals surface area contributed by atoms with Crippen LogP contribution in [0, 0.1) is 0 Å². The van der Waals surface area contributed by atoms with Crippen LogP contribution in [0.1, 0.15) is 15.9 Å². The molecule has 5 nitrogen and oxygen atoms in total. The molecule has 3 rings (SSSR count). The van der Waals surface area contributed by atoms with E-state index in [0.717, 1.165) is 5.56 Å². The summed E-state index contributed by atoms with van der Waals surface area (Å²) in [5.41, 5.74) is 3.57. The third kappa shape index (κ3) is 3.16. The molecule has 1 aliphatic rings. The molecule has 1 heterocycles. The van der Waals surface area contributed by atoms with E-state index in [1.165, 1.54) is 12.3 Å². The SMILES string of the molecule is O=C(N/N=C/c1ccc2c(c1)OCO2)c1ccc(Cl)c(Cl)c1. The largest absolute Gasteiger partial charge is 0.454 e. The highest BCUT2D eigenvalue weighted by Gasteiger charge is 2.12. The number of hydrogen-bond acceptors (Lipinski definition) is 4. The molecule has 0 aromatic heterocycles. The van der Waals surface area contributed by atoms with Crippen molar-refractivity contribution in [2.75, 3.05) is 6.79 Å². The number of rotatable bonds is 3. The summed E-state index contributed by atoms with van der Waals surface area (Å²) in [6, 6.07) is 9.97. The number of benzene rings is 2. The summed E-state index contributed by atoms with van der Waals surface area (Å²) in [7, 11) is 0. The minimum atomic E-state index is -0.379. The molecule has 0 saturated heterocycles. The molecular weight excluding hydrogens is 327 g/mol. The molecule has 0 radical (unpaired) electrons. The second-order valence-electron chi connectivity index (χ2n) is 4.44. The number of amides is 1. The molecule has 1 aliphatic heterocycles. The fraction of sp³-hybridized carbons (Fsp3) is 0.0667. The molecular formula is C15H10Cl2N2O3. The summed E-state index contributed by atoms with van der Waals surface area (Å²) in [6.07, 6.45) is 1.51. The van der Waals surface area contributed by atoms with Crippen LogP contribution < -0.4 is 14.9 Å². The van der Waals surface area contributed by atoms with Crippen LogP contribution in [0.2, 0.25) is 10.0 Å². The maximum Gasteiger partial charge on any atom is 0.271 e. The summed E-state index contributed by atoms with van der Waals surface area (Å²) >= 11 is 11.7. The van der Waals surface area contributed by atoms with Gasteiger partial charge < -0.3 is 9.47 Å². The Kier molecular flexibility index (Phi) is 4.18. The number of fused-ring (bicyclic) bond motifs is 1. The van der Waals surface area contributed by atoms with E-state index in [2.05, 4.69) is 10.5 Å². The van der Waals surface area contributed by atoms with Gasteiger partial charge in [0.1, 0.15) is 0 Å². The topological polar surface area (TPSA) is 59.9 Å². The second kappa shape index (κ2) is 6.25. The van der Waals surface area contributed by atoms with Gasteiger partial charge in [0, 0.05) is 5.56 Å². The standard InChI is InChI=1S/C15H10Cl2N2O3/c16-11-3-2-10(6-12(11)17)15(20)19-18-7-9-1-4-13-14(5-9)22-8-21-13/h1-7H,8H2,(H,19,20)/b18-7+. The van der Waals surface area contributed by atoms with Crippen LogP contribution in [0.3, 0.4) is 0 Å². The van der Waals surface area contributed by atoms with Crippen molar-refractivity contribution in [3.05, 3.63) is 57.6 Å². The highest BCUT2D eigenvalue weighted by molar-refractivity contribution is 6.42. The quantitative estimate of drug-likeness (QED) is 0.689. The fourth-order valence-corrected chi connectivity index (χ4v) is 2.16. The van der Waals surface area contributed by atoms with Crippen LogP contribution in [0.25, 0.3) is 0 Å². The zero-order valence-corrected chi connectivity index (χ0v) is 12.7. The number of halogens is 2. The predicted octanol–water partition coefficient (Wildman–Crippen LogP) is 3.49. The van der Waals surface area contributed by atoms with Crippen molar-refractivity contribution in [2.24, 2.45) is 5.10 Å². The molecule has 0 spiro atoms. The Morgan fingerprint density at radius 3 is 2.73 bits per heavy atom. The van der Waals surface area contributed by atoms with Crippen LogP contribution in [0.4, 0.5) is 0 Å². The van der Waals surface area contributed by atoms with Gasteiger partial charge in [0.25, 0.3) is 5.91 Å².